The molecule has 1 heterocycles. The standard InChI is InChI=1S/C17H19NO2/c1-18-15(13-8-4-2-5-9-13)12-20-17(19)16(18)14-10-6-3-7-11-14/h2-11,15-17,19H,12H2,1H3/t15-,16-,17?/m0/s1. The van der Waals surface area contributed by atoms with Crippen LogP contribution in [0, 0.1) is 0 Å². The van der Waals surface area contributed by atoms with Gasteiger partial charge in [0.2, 0.25) is 0 Å². The lowest BCUT2D eigenvalue weighted by molar-refractivity contribution is -0.197. The highest BCUT2D eigenvalue weighted by Crippen LogP contribution is 2.36. The molecule has 3 nitrogen and oxygen atoms in total. The molecule has 1 fully saturated rings. The highest BCUT2D eigenvalue weighted by Gasteiger charge is 2.36. The molecule has 0 saturated carbocycles. The minimum absolute atomic E-state index is 0.143. The van der Waals surface area contributed by atoms with Gasteiger partial charge in [-0.25, -0.2) is 0 Å². The van der Waals surface area contributed by atoms with E-state index in [2.05, 4.69) is 17.0 Å². The molecule has 0 aromatic heterocycles. The highest BCUT2D eigenvalue weighted by atomic mass is 16.6. The van der Waals surface area contributed by atoms with Gasteiger partial charge in [0.05, 0.1) is 18.7 Å². The summed E-state index contributed by atoms with van der Waals surface area (Å²) in [4.78, 5) is 2.19. The Morgan fingerprint density at radius 3 is 2.10 bits per heavy atom. The summed E-state index contributed by atoms with van der Waals surface area (Å²) in [5.74, 6) is 0. The van der Waals surface area contributed by atoms with E-state index in [1.54, 1.807) is 0 Å². The van der Waals surface area contributed by atoms with E-state index in [0.717, 1.165) is 5.56 Å². The molecule has 3 atom stereocenters. The van der Waals surface area contributed by atoms with Crippen LogP contribution in [0.2, 0.25) is 0 Å². The van der Waals surface area contributed by atoms with Crippen LogP contribution in [-0.4, -0.2) is 30.0 Å². The summed E-state index contributed by atoms with van der Waals surface area (Å²) in [5, 5.41) is 10.2. The van der Waals surface area contributed by atoms with Crippen molar-refractivity contribution in [1.82, 2.24) is 4.90 Å². The van der Waals surface area contributed by atoms with E-state index in [1.807, 2.05) is 55.6 Å². The lowest BCUT2D eigenvalue weighted by Crippen LogP contribution is -2.45. The molecule has 0 aliphatic carbocycles. The Balaban J connectivity index is 1.90. The molecule has 2 aromatic rings. The Morgan fingerprint density at radius 2 is 1.50 bits per heavy atom. The van der Waals surface area contributed by atoms with Gasteiger partial charge in [-0.05, 0) is 18.2 Å². The molecule has 1 saturated heterocycles. The molecule has 20 heavy (non-hydrogen) atoms. The van der Waals surface area contributed by atoms with Crippen molar-refractivity contribution in [2.45, 2.75) is 18.4 Å². The van der Waals surface area contributed by atoms with Crippen LogP contribution in [0.3, 0.4) is 0 Å². The smallest absolute Gasteiger partial charge is 0.174 e. The SMILES string of the molecule is CN1[C@H](c2ccccc2)COC(O)[C@@H]1c1ccccc1. The number of morpholine rings is 1. The first-order chi connectivity index (χ1) is 9.77. The summed E-state index contributed by atoms with van der Waals surface area (Å²) in [5.41, 5.74) is 2.28. The maximum Gasteiger partial charge on any atom is 0.174 e. The van der Waals surface area contributed by atoms with Gasteiger partial charge in [0.1, 0.15) is 0 Å². The number of likely N-dealkylation sites (N-methyl/N-ethyl adjacent to an activating group) is 1. The summed E-state index contributed by atoms with van der Waals surface area (Å²) in [6, 6.07) is 20.3. The van der Waals surface area contributed by atoms with Crippen LogP contribution in [0.15, 0.2) is 60.7 Å². The van der Waals surface area contributed by atoms with Crippen molar-refractivity contribution in [3.63, 3.8) is 0 Å². The third-order valence-electron chi connectivity index (χ3n) is 3.95. The molecule has 3 rings (SSSR count). The van der Waals surface area contributed by atoms with E-state index in [0.29, 0.717) is 6.61 Å². The number of ether oxygens (including phenoxy) is 1. The van der Waals surface area contributed by atoms with Crippen molar-refractivity contribution in [3.8, 4) is 0 Å². The molecule has 0 amide bonds. The van der Waals surface area contributed by atoms with E-state index >= 15 is 0 Å². The van der Waals surface area contributed by atoms with Crippen LogP contribution < -0.4 is 0 Å². The third-order valence-corrected chi connectivity index (χ3v) is 3.95. The van der Waals surface area contributed by atoms with Gasteiger partial charge in [0, 0.05) is 0 Å². The number of hydrogen-bond acceptors (Lipinski definition) is 3. The third kappa shape index (κ3) is 2.48. The highest BCUT2D eigenvalue weighted by molar-refractivity contribution is 5.24. The summed E-state index contributed by atoms with van der Waals surface area (Å²) < 4.78 is 5.60. The van der Waals surface area contributed by atoms with Gasteiger partial charge in [-0.2, -0.15) is 0 Å². The van der Waals surface area contributed by atoms with Gasteiger partial charge in [0.25, 0.3) is 0 Å². The molecule has 2 aromatic carbocycles. The topological polar surface area (TPSA) is 32.7 Å². The Morgan fingerprint density at radius 1 is 0.950 bits per heavy atom. The second-order valence-corrected chi connectivity index (χ2v) is 5.17. The number of rotatable bonds is 2. The Bertz CT molecular complexity index is 543. The molecule has 1 unspecified atom stereocenters. The van der Waals surface area contributed by atoms with E-state index in [9.17, 15) is 5.11 Å². The van der Waals surface area contributed by atoms with Gasteiger partial charge < -0.3 is 9.84 Å². The first-order valence-electron chi connectivity index (χ1n) is 6.89. The Labute approximate surface area is 119 Å². The number of nitrogens with zero attached hydrogens (tertiary/aromatic N) is 1. The maximum absolute atomic E-state index is 10.2. The zero-order valence-electron chi connectivity index (χ0n) is 11.5. The molecular formula is C17H19NO2. The van der Waals surface area contributed by atoms with Gasteiger partial charge in [-0.15, -0.1) is 0 Å². The van der Waals surface area contributed by atoms with E-state index in [4.69, 9.17) is 4.74 Å². The van der Waals surface area contributed by atoms with Gasteiger partial charge in [0.15, 0.2) is 6.29 Å². The van der Waals surface area contributed by atoms with Crippen molar-refractivity contribution in [1.29, 1.82) is 0 Å². The quantitative estimate of drug-likeness (QED) is 0.910. The predicted octanol–water partition coefficient (Wildman–Crippen LogP) is 2.75. The van der Waals surface area contributed by atoms with Crippen LogP contribution in [0.5, 0.6) is 0 Å². The van der Waals surface area contributed by atoms with Crippen molar-refractivity contribution < 1.29 is 9.84 Å². The molecule has 3 heteroatoms. The van der Waals surface area contributed by atoms with E-state index in [1.165, 1.54) is 5.56 Å². The number of benzene rings is 2. The van der Waals surface area contributed by atoms with Crippen molar-refractivity contribution >= 4 is 0 Å². The van der Waals surface area contributed by atoms with E-state index < -0.39 is 6.29 Å². The average molecular weight is 269 g/mol. The Hall–Kier alpha value is -1.68. The first-order valence-corrected chi connectivity index (χ1v) is 6.89. The predicted molar refractivity (Wildman–Crippen MR) is 78.1 cm³/mol. The fourth-order valence-corrected chi connectivity index (χ4v) is 2.85. The number of hydrogen-bond donors (Lipinski definition) is 1. The average Bonchev–Trinajstić information content (AvgIpc) is 2.49. The fraction of sp³-hybridized carbons (Fsp3) is 0.294. The van der Waals surface area contributed by atoms with E-state index in [-0.39, 0.29) is 12.1 Å². The normalized spacial score (nSPS) is 27.4. The fourth-order valence-electron chi connectivity index (χ4n) is 2.85. The second-order valence-electron chi connectivity index (χ2n) is 5.17. The maximum atomic E-state index is 10.2. The molecular weight excluding hydrogens is 250 g/mol. The molecule has 104 valence electrons. The molecule has 0 spiro atoms. The zero-order chi connectivity index (χ0) is 13.9. The first kappa shape index (κ1) is 13.3. The second kappa shape index (κ2) is 5.75. The number of aliphatic hydroxyl groups excluding tert-OH is 1. The van der Waals surface area contributed by atoms with Crippen molar-refractivity contribution in [3.05, 3.63) is 71.8 Å². The minimum Gasteiger partial charge on any atom is -0.366 e. The van der Waals surface area contributed by atoms with Gasteiger partial charge in [-0.3, -0.25) is 4.90 Å². The molecule has 0 bridgehead atoms. The lowest BCUT2D eigenvalue weighted by atomic mass is 9.98. The summed E-state index contributed by atoms with van der Waals surface area (Å²) in [6.07, 6.45) is -0.789. The summed E-state index contributed by atoms with van der Waals surface area (Å²) in [7, 11) is 2.04. The minimum atomic E-state index is -0.789. The van der Waals surface area contributed by atoms with Crippen molar-refractivity contribution in [2.24, 2.45) is 0 Å². The van der Waals surface area contributed by atoms with Gasteiger partial charge in [-0.1, -0.05) is 60.7 Å². The van der Waals surface area contributed by atoms with Crippen LogP contribution in [-0.2, 0) is 4.74 Å². The van der Waals surface area contributed by atoms with Gasteiger partial charge >= 0.3 is 0 Å². The van der Waals surface area contributed by atoms with Crippen LogP contribution in [0.25, 0.3) is 0 Å². The molecule has 1 aliphatic rings. The van der Waals surface area contributed by atoms with Crippen LogP contribution in [0.1, 0.15) is 23.2 Å². The zero-order valence-corrected chi connectivity index (χ0v) is 11.5. The monoisotopic (exact) mass is 269 g/mol. The number of aliphatic hydroxyl groups is 1. The lowest BCUT2D eigenvalue weighted by Gasteiger charge is -2.42. The van der Waals surface area contributed by atoms with Crippen LogP contribution in [0.4, 0.5) is 0 Å². The van der Waals surface area contributed by atoms with Crippen LogP contribution >= 0.6 is 0 Å². The van der Waals surface area contributed by atoms with Crippen molar-refractivity contribution in [2.75, 3.05) is 13.7 Å². The Kier molecular flexibility index (Phi) is 3.83. The molecule has 1 N–H and O–H groups in total. The molecule has 1 aliphatic heterocycles. The molecule has 0 radical (unpaired) electrons. The summed E-state index contributed by atoms with van der Waals surface area (Å²) in [6.45, 7) is 0.505. The summed E-state index contributed by atoms with van der Waals surface area (Å²) >= 11 is 0. The largest absolute Gasteiger partial charge is 0.366 e.